The van der Waals surface area contributed by atoms with Crippen molar-refractivity contribution in [2.45, 2.75) is 19.4 Å². The minimum Gasteiger partial charge on any atom is -0.396 e. The monoisotopic (exact) mass is 254 g/mol. The highest BCUT2D eigenvalue weighted by molar-refractivity contribution is 5.75. The molecule has 1 aliphatic rings. The number of aromatic nitrogens is 2. The number of carbonyl (C=O) groups excluding carboxylic acids is 1. The molecule has 0 unspecified atom stereocenters. The number of aliphatic hydroxyl groups excluding tert-OH is 1. The van der Waals surface area contributed by atoms with Crippen LogP contribution in [0.15, 0.2) is 12.4 Å². The van der Waals surface area contributed by atoms with Crippen LogP contribution in [0.25, 0.3) is 0 Å². The average molecular weight is 254 g/mol. The lowest BCUT2D eigenvalue weighted by Gasteiger charge is -2.12. The Morgan fingerprint density at radius 2 is 2.39 bits per heavy atom. The molecule has 8 heteroatoms. The topological polar surface area (TPSA) is 110 Å². The van der Waals surface area contributed by atoms with Gasteiger partial charge in [-0.1, -0.05) is 0 Å². The molecule has 1 aromatic heterocycles. The van der Waals surface area contributed by atoms with Gasteiger partial charge in [0.15, 0.2) is 0 Å². The quantitative estimate of drug-likeness (QED) is 0.534. The van der Waals surface area contributed by atoms with Crippen molar-refractivity contribution >= 4 is 11.6 Å². The first-order valence-corrected chi connectivity index (χ1v) is 5.59. The molecule has 0 aliphatic heterocycles. The van der Waals surface area contributed by atoms with Crippen LogP contribution in [0.4, 0.5) is 5.69 Å². The molecular weight excluding hydrogens is 240 g/mol. The van der Waals surface area contributed by atoms with Gasteiger partial charge in [0, 0.05) is 12.0 Å². The Labute approximate surface area is 103 Å². The van der Waals surface area contributed by atoms with Crippen LogP contribution in [-0.2, 0) is 11.3 Å². The summed E-state index contributed by atoms with van der Waals surface area (Å²) in [5, 5.41) is 25.9. The number of nitrogens with one attached hydrogen (secondary N) is 1. The predicted molar refractivity (Wildman–Crippen MR) is 60.6 cm³/mol. The molecule has 1 saturated carbocycles. The molecule has 1 heterocycles. The van der Waals surface area contributed by atoms with Gasteiger partial charge >= 0.3 is 5.69 Å². The first-order chi connectivity index (χ1) is 8.54. The molecule has 1 fully saturated rings. The fourth-order valence-electron chi connectivity index (χ4n) is 1.59. The van der Waals surface area contributed by atoms with Crippen molar-refractivity contribution in [1.82, 2.24) is 15.1 Å². The largest absolute Gasteiger partial charge is 0.396 e. The van der Waals surface area contributed by atoms with Crippen molar-refractivity contribution in [2.75, 3.05) is 13.2 Å². The number of rotatable bonds is 6. The number of hydrogen-bond acceptors (Lipinski definition) is 5. The van der Waals surface area contributed by atoms with Crippen LogP contribution in [0.3, 0.4) is 0 Å². The molecule has 2 rings (SSSR count). The van der Waals surface area contributed by atoms with Crippen molar-refractivity contribution < 1.29 is 14.8 Å². The SMILES string of the molecule is O=C(Cn1cc([N+](=O)[O-])cn1)NCC1(CO)CC1. The summed E-state index contributed by atoms with van der Waals surface area (Å²) in [6.07, 6.45) is 4.13. The lowest BCUT2D eigenvalue weighted by atomic mass is 10.1. The summed E-state index contributed by atoms with van der Waals surface area (Å²) in [6.45, 7) is 0.446. The van der Waals surface area contributed by atoms with E-state index in [9.17, 15) is 14.9 Å². The molecular formula is C10H14N4O4. The van der Waals surface area contributed by atoms with Crippen molar-refractivity contribution in [3.05, 3.63) is 22.5 Å². The molecule has 0 radical (unpaired) electrons. The van der Waals surface area contributed by atoms with E-state index in [1.165, 1.54) is 10.9 Å². The number of hydrogen-bond donors (Lipinski definition) is 2. The van der Waals surface area contributed by atoms with Gasteiger partial charge in [0.25, 0.3) is 0 Å². The Bertz CT molecular complexity index is 466. The van der Waals surface area contributed by atoms with Crippen LogP contribution in [-0.4, -0.2) is 38.9 Å². The first kappa shape index (κ1) is 12.5. The van der Waals surface area contributed by atoms with Crippen molar-refractivity contribution in [3.8, 4) is 0 Å². The molecule has 98 valence electrons. The fourth-order valence-corrected chi connectivity index (χ4v) is 1.59. The molecule has 1 aromatic rings. The van der Waals surface area contributed by atoms with Gasteiger partial charge in [0.1, 0.15) is 18.9 Å². The van der Waals surface area contributed by atoms with Gasteiger partial charge in [-0.2, -0.15) is 5.10 Å². The third-order valence-corrected chi connectivity index (χ3v) is 3.09. The highest BCUT2D eigenvalue weighted by atomic mass is 16.6. The third kappa shape index (κ3) is 2.83. The van der Waals surface area contributed by atoms with E-state index in [1.807, 2.05) is 0 Å². The molecule has 1 aliphatic carbocycles. The predicted octanol–water partition coefficient (Wildman–Crippen LogP) is -0.320. The summed E-state index contributed by atoms with van der Waals surface area (Å²) in [5.74, 6) is -0.271. The molecule has 0 atom stereocenters. The van der Waals surface area contributed by atoms with Crippen LogP contribution in [0.5, 0.6) is 0 Å². The summed E-state index contributed by atoms with van der Waals surface area (Å²) in [4.78, 5) is 21.4. The number of nitrogens with zero attached hydrogens (tertiary/aromatic N) is 3. The Kier molecular flexibility index (Phi) is 3.28. The van der Waals surface area contributed by atoms with Gasteiger partial charge < -0.3 is 10.4 Å². The van der Waals surface area contributed by atoms with Crippen LogP contribution < -0.4 is 5.32 Å². The maximum absolute atomic E-state index is 11.6. The third-order valence-electron chi connectivity index (χ3n) is 3.09. The highest BCUT2D eigenvalue weighted by Crippen LogP contribution is 2.44. The van der Waals surface area contributed by atoms with E-state index in [4.69, 9.17) is 5.11 Å². The fraction of sp³-hybridized carbons (Fsp3) is 0.600. The van der Waals surface area contributed by atoms with Crippen molar-refractivity contribution in [1.29, 1.82) is 0 Å². The second-order valence-electron chi connectivity index (χ2n) is 4.59. The highest BCUT2D eigenvalue weighted by Gasteiger charge is 2.42. The number of amides is 1. The Hall–Kier alpha value is -1.96. The summed E-state index contributed by atoms with van der Waals surface area (Å²) in [7, 11) is 0. The molecule has 1 amide bonds. The Morgan fingerprint density at radius 1 is 1.67 bits per heavy atom. The second-order valence-corrected chi connectivity index (χ2v) is 4.59. The normalized spacial score (nSPS) is 16.3. The van der Waals surface area contributed by atoms with E-state index in [-0.39, 0.29) is 30.2 Å². The molecule has 0 bridgehead atoms. The van der Waals surface area contributed by atoms with E-state index in [0.29, 0.717) is 6.54 Å². The summed E-state index contributed by atoms with van der Waals surface area (Å²) >= 11 is 0. The molecule has 0 spiro atoms. The number of nitro groups is 1. The molecule has 0 aromatic carbocycles. The first-order valence-electron chi connectivity index (χ1n) is 5.59. The van der Waals surface area contributed by atoms with Gasteiger partial charge in [-0.3, -0.25) is 19.6 Å². The Balaban J connectivity index is 1.81. The zero-order valence-corrected chi connectivity index (χ0v) is 9.70. The summed E-state index contributed by atoms with van der Waals surface area (Å²) < 4.78 is 1.21. The van der Waals surface area contributed by atoms with E-state index in [2.05, 4.69) is 10.4 Å². The molecule has 8 nitrogen and oxygen atoms in total. The molecule has 18 heavy (non-hydrogen) atoms. The van der Waals surface area contributed by atoms with Gasteiger partial charge in [0.2, 0.25) is 5.91 Å². The van der Waals surface area contributed by atoms with Gasteiger partial charge in [0.05, 0.1) is 11.5 Å². The van der Waals surface area contributed by atoms with Gasteiger partial charge in [-0.15, -0.1) is 0 Å². The zero-order valence-electron chi connectivity index (χ0n) is 9.70. The zero-order chi connectivity index (χ0) is 13.2. The minimum absolute atomic E-state index is 0.0602. The van der Waals surface area contributed by atoms with Crippen molar-refractivity contribution in [3.63, 3.8) is 0 Å². The van der Waals surface area contributed by atoms with E-state index < -0.39 is 4.92 Å². The van der Waals surface area contributed by atoms with E-state index in [0.717, 1.165) is 19.0 Å². The summed E-state index contributed by atoms with van der Waals surface area (Å²) in [6, 6.07) is 0. The Morgan fingerprint density at radius 3 is 2.89 bits per heavy atom. The average Bonchev–Trinajstić information content (AvgIpc) is 2.98. The smallest absolute Gasteiger partial charge is 0.307 e. The molecule has 2 N–H and O–H groups in total. The van der Waals surface area contributed by atoms with Crippen LogP contribution >= 0.6 is 0 Å². The second kappa shape index (κ2) is 4.73. The van der Waals surface area contributed by atoms with Crippen LogP contribution in [0, 0.1) is 15.5 Å². The number of carbonyl (C=O) groups is 1. The maximum atomic E-state index is 11.6. The van der Waals surface area contributed by atoms with E-state index >= 15 is 0 Å². The van der Waals surface area contributed by atoms with Crippen molar-refractivity contribution in [2.24, 2.45) is 5.41 Å². The molecule has 0 saturated heterocycles. The van der Waals surface area contributed by atoms with Gasteiger partial charge in [-0.25, -0.2) is 0 Å². The standard InChI is InChI=1S/C10H14N4O4/c15-7-10(1-2-10)6-11-9(16)5-13-4-8(3-12-13)14(17)18/h3-4,15H,1-2,5-7H2,(H,11,16). The van der Waals surface area contributed by atoms with E-state index in [1.54, 1.807) is 0 Å². The summed E-state index contributed by atoms with van der Waals surface area (Å²) in [5.41, 5.74) is -0.289. The lowest BCUT2D eigenvalue weighted by molar-refractivity contribution is -0.385. The van der Waals surface area contributed by atoms with Crippen LogP contribution in [0.2, 0.25) is 0 Å². The lowest BCUT2D eigenvalue weighted by Crippen LogP contribution is -2.34. The number of aliphatic hydroxyl groups is 1. The van der Waals surface area contributed by atoms with Crippen LogP contribution in [0.1, 0.15) is 12.8 Å². The minimum atomic E-state index is -0.563. The van der Waals surface area contributed by atoms with Gasteiger partial charge in [-0.05, 0) is 12.8 Å². The maximum Gasteiger partial charge on any atom is 0.307 e.